The molecule has 2 N–H and O–H groups in total. The summed E-state index contributed by atoms with van der Waals surface area (Å²) in [6, 6.07) is 0. The zero-order valence-corrected chi connectivity index (χ0v) is 21.8. The van der Waals surface area contributed by atoms with Crippen molar-refractivity contribution in [3.8, 4) is 0 Å². The van der Waals surface area contributed by atoms with E-state index < -0.39 is 6.10 Å². The average Bonchev–Trinajstić information content (AvgIpc) is 3.17. The van der Waals surface area contributed by atoms with Crippen molar-refractivity contribution >= 4 is 6.29 Å². The fourth-order valence-corrected chi connectivity index (χ4v) is 11.4. The minimum atomic E-state index is -0.394. The van der Waals surface area contributed by atoms with E-state index in [1.54, 1.807) is 0 Å². The Labute approximate surface area is 201 Å². The first-order chi connectivity index (χ1) is 15.4. The maximum absolute atomic E-state index is 12.6. The highest BCUT2D eigenvalue weighted by molar-refractivity contribution is 5.62. The molecule has 5 aliphatic rings. The minimum Gasteiger partial charge on any atom is -0.396 e. The van der Waals surface area contributed by atoms with Crippen LogP contribution in [0.3, 0.4) is 0 Å². The van der Waals surface area contributed by atoms with Gasteiger partial charge in [-0.05, 0) is 117 Å². The van der Waals surface area contributed by atoms with E-state index in [0.29, 0.717) is 29.6 Å². The van der Waals surface area contributed by atoms with Gasteiger partial charge >= 0.3 is 0 Å². The van der Waals surface area contributed by atoms with E-state index in [1.807, 2.05) is 0 Å². The maximum atomic E-state index is 12.6. The fraction of sp³-hybridized carbons (Fsp3) is 0.900. The predicted octanol–water partition coefficient (Wildman–Crippen LogP) is 6.18. The Hall–Kier alpha value is -0.670. The Bertz CT molecular complexity index is 836. The quantitative estimate of drug-likeness (QED) is 0.394. The lowest BCUT2D eigenvalue weighted by Gasteiger charge is -2.72. The zero-order chi connectivity index (χ0) is 24.0. The zero-order valence-electron chi connectivity index (χ0n) is 21.8. The van der Waals surface area contributed by atoms with Gasteiger partial charge in [0.1, 0.15) is 6.29 Å². The van der Waals surface area contributed by atoms with Gasteiger partial charge in [-0.25, -0.2) is 0 Å². The molecular formula is C30H48O3. The highest BCUT2D eigenvalue weighted by Gasteiger charge is 2.71. The number of fused-ring (bicyclic) bond motifs is 7. The number of hydrogen-bond acceptors (Lipinski definition) is 3. The number of hydrogen-bond donors (Lipinski definition) is 2. The van der Waals surface area contributed by atoms with E-state index in [2.05, 4.69) is 41.2 Å². The van der Waals surface area contributed by atoms with Crippen molar-refractivity contribution in [2.24, 2.45) is 56.7 Å². The molecule has 0 aromatic carbocycles. The average molecular weight is 457 g/mol. The second-order valence-corrected chi connectivity index (χ2v) is 14.3. The largest absolute Gasteiger partial charge is 0.396 e. The molecule has 0 radical (unpaired) electrons. The molecule has 0 saturated heterocycles. The van der Waals surface area contributed by atoms with Crippen LogP contribution in [-0.4, -0.2) is 29.2 Å². The molecule has 11 atom stereocenters. The first-order valence-electron chi connectivity index (χ1n) is 13.8. The summed E-state index contributed by atoms with van der Waals surface area (Å²) in [5.74, 6) is 2.56. The normalized spacial score (nSPS) is 57.9. The van der Waals surface area contributed by atoms with Gasteiger partial charge in [0.15, 0.2) is 0 Å². The summed E-state index contributed by atoms with van der Waals surface area (Å²) in [5.41, 5.74) is 1.43. The van der Waals surface area contributed by atoms with Gasteiger partial charge in [-0.2, -0.15) is 0 Å². The molecule has 3 heteroatoms. The van der Waals surface area contributed by atoms with Crippen molar-refractivity contribution in [2.45, 2.75) is 105 Å². The van der Waals surface area contributed by atoms with Crippen LogP contribution in [0, 0.1) is 56.7 Å². The summed E-state index contributed by atoms with van der Waals surface area (Å²) in [5, 5.41) is 21.3. The number of rotatable bonds is 3. The van der Waals surface area contributed by atoms with E-state index in [9.17, 15) is 15.0 Å². The fourth-order valence-electron chi connectivity index (χ4n) is 11.4. The summed E-state index contributed by atoms with van der Waals surface area (Å²) < 4.78 is 0. The van der Waals surface area contributed by atoms with Crippen molar-refractivity contribution in [3.05, 3.63) is 12.2 Å². The smallest absolute Gasteiger partial charge is 0.126 e. The van der Waals surface area contributed by atoms with Gasteiger partial charge < -0.3 is 15.0 Å². The molecule has 0 aromatic heterocycles. The van der Waals surface area contributed by atoms with E-state index >= 15 is 0 Å². The molecule has 0 aliphatic heterocycles. The van der Waals surface area contributed by atoms with E-state index in [0.717, 1.165) is 38.5 Å². The van der Waals surface area contributed by atoms with Crippen LogP contribution in [0.1, 0.15) is 98.8 Å². The second-order valence-electron chi connectivity index (χ2n) is 14.3. The molecule has 186 valence electrons. The Morgan fingerprint density at radius 2 is 1.64 bits per heavy atom. The molecule has 5 fully saturated rings. The van der Waals surface area contributed by atoms with Crippen LogP contribution in [0.5, 0.6) is 0 Å². The molecule has 3 nitrogen and oxygen atoms in total. The van der Waals surface area contributed by atoms with Crippen LogP contribution in [0.4, 0.5) is 0 Å². The Kier molecular flexibility index (Phi) is 5.40. The van der Waals surface area contributed by atoms with Gasteiger partial charge in [-0.15, -0.1) is 0 Å². The molecule has 0 bridgehead atoms. The third-order valence-corrected chi connectivity index (χ3v) is 13.5. The monoisotopic (exact) mass is 456 g/mol. The number of allylic oxidation sites excluding steroid dienone is 1. The number of carbonyl (C=O) groups is 1. The highest BCUT2D eigenvalue weighted by atomic mass is 16.3. The molecule has 5 rings (SSSR count). The van der Waals surface area contributed by atoms with Gasteiger partial charge in [-0.1, -0.05) is 39.8 Å². The second kappa shape index (κ2) is 7.42. The molecule has 2 unspecified atom stereocenters. The number of carbonyl (C=O) groups excluding carboxylic acids is 1. The number of aliphatic hydroxyl groups is 2. The van der Waals surface area contributed by atoms with Crippen LogP contribution in [0.2, 0.25) is 0 Å². The van der Waals surface area contributed by atoms with Crippen molar-refractivity contribution in [1.82, 2.24) is 0 Å². The molecule has 5 saturated carbocycles. The predicted molar refractivity (Wildman–Crippen MR) is 132 cm³/mol. The van der Waals surface area contributed by atoms with Gasteiger partial charge in [0, 0.05) is 10.8 Å². The van der Waals surface area contributed by atoms with Gasteiger partial charge in [0.25, 0.3) is 0 Å². The van der Waals surface area contributed by atoms with Crippen molar-refractivity contribution in [2.75, 3.05) is 6.61 Å². The SMILES string of the molecule is C=C(C)[C@@H]1CC[C@]2(C=O)CC[C@]3(C)[C@H](CC[C@@H]4[C@@]5(C)CCC(O)C(C)(CO)[C@@H]5CC[C@]43C)[C@@H]12. The lowest BCUT2D eigenvalue weighted by atomic mass is 9.32. The third kappa shape index (κ3) is 2.79. The van der Waals surface area contributed by atoms with Gasteiger partial charge in [0.05, 0.1) is 12.7 Å². The summed E-state index contributed by atoms with van der Waals surface area (Å²) in [6.07, 6.45) is 12.0. The van der Waals surface area contributed by atoms with Gasteiger partial charge in [0.2, 0.25) is 0 Å². The van der Waals surface area contributed by atoms with Gasteiger partial charge in [-0.3, -0.25) is 0 Å². The summed E-state index contributed by atoms with van der Waals surface area (Å²) in [6.45, 7) is 16.5. The summed E-state index contributed by atoms with van der Waals surface area (Å²) in [7, 11) is 0. The first-order valence-corrected chi connectivity index (χ1v) is 13.8. The molecule has 0 spiro atoms. The first kappa shape index (κ1) is 24.0. The van der Waals surface area contributed by atoms with Crippen LogP contribution in [0.25, 0.3) is 0 Å². The number of aliphatic hydroxyl groups excluding tert-OH is 2. The van der Waals surface area contributed by atoms with Crippen molar-refractivity contribution < 1.29 is 15.0 Å². The Balaban J connectivity index is 1.55. The van der Waals surface area contributed by atoms with Crippen LogP contribution in [0.15, 0.2) is 12.2 Å². The standard InChI is InChI=1S/C30H48O3/c1-19(2)20-9-14-30(18-32)16-15-28(5)21(25(20)30)7-8-23-26(3)12-11-24(33)27(4,17-31)22(26)10-13-29(23,28)6/h18,20-25,31,33H,1,7-17H2,2-6H3/t20-,21+,22+,23+,24?,25+,26-,27?,28+,29+,30+/m0/s1. The molecular weight excluding hydrogens is 408 g/mol. The minimum absolute atomic E-state index is 0.0853. The molecule has 0 aromatic rings. The van der Waals surface area contributed by atoms with Crippen molar-refractivity contribution in [3.63, 3.8) is 0 Å². The lowest BCUT2D eigenvalue weighted by Crippen LogP contribution is -2.67. The van der Waals surface area contributed by atoms with E-state index in [4.69, 9.17) is 0 Å². The molecule has 0 heterocycles. The van der Waals surface area contributed by atoms with E-state index in [1.165, 1.54) is 37.5 Å². The Morgan fingerprint density at radius 1 is 0.909 bits per heavy atom. The van der Waals surface area contributed by atoms with Crippen LogP contribution in [-0.2, 0) is 4.79 Å². The van der Waals surface area contributed by atoms with Crippen LogP contribution >= 0.6 is 0 Å². The molecule has 0 amide bonds. The summed E-state index contributed by atoms with van der Waals surface area (Å²) >= 11 is 0. The molecule has 5 aliphatic carbocycles. The highest BCUT2D eigenvalue weighted by Crippen LogP contribution is 2.77. The third-order valence-electron chi connectivity index (χ3n) is 13.5. The van der Waals surface area contributed by atoms with Crippen LogP contribution < -0.4 is 0 Å². The molecule has 33 heavy (non-hydrogen) atoms. The topological polar surface area (TPSA) is 57.5 Å². The summed E-state index contributed by atoms with van der Waals surface area (Å²) in [4.78, 5) is 12.6. The lowest BCUT2D eigenvalue weighted by molar-refractivity contribution is -0.252. The van der Waals surface area contributed by atoms with E-state index in [-0.39, 0.29) is 33.7 Å². The van der Waals surface area contributed by atoms with Crippen molar-refractivity contribution in [1.29, 1.82) is 0 Å². The Morgan fingerprint density at radius 3 is 2.27 bits per heavy atom. The number of aldehydes is 1. The maximum Gasteiger partial charge on any atom is 0.126 e.